The van der Waals surface area contributed by atoms with E-state index in [1.54, 1.807) is 20.0 Å². The molecule has 1 saturated carbocycles. The van der Waals surface area contributed by atoms with Crippen LogP contribution in [0.25, 0.3) is 22.3 Å². The van der Waals surface area contributed by atoms with Crippen LogP contribution in [0, 0.1) is 12.8 Å². The summed E-state index contributed by atoms with van der Waals surface area (Å²) in [5, 5.41) is 0. The van der Waals surface area contributed by atoms with E-state index in [4.69, 9.17) is 0 Å². The third-order valence-corrected chi connectivity index (χ3v) is 5.63. The Kier molecular flexibility index (Phi) is 4.87. The molecule has 0 atom stereocenters. The van der Waals surface area contributed by atoms with Crippen molar-refractivity contribution in [1.29, 1.82) is 0 Å². The van der Waals surface area contributed by atoms with Crippen LogP contribution in [0.15, 0.2) is 23.1 Å². The van der Waals surface area contributed by atoms with Crippen LogP contribution in [-0.4, -0.2) is 33.8 Å². The van der Waals surface area contributed by atoms with E-state index in [0.29, 0.717) is 11.1 Å². The van der Waals surface area contributed by atoms with Crippen LogP contribution >= 0.6 is 0 Å². The quantitative estimate of drug-likeness (QED) is 0.638. The molecule has 1 aliphatic rings. The lowest BCUT2D eigenvalue weighted by molar-refractivity contribution is -0.147. The molecule has 0 amide bonds. The minimum absolute atomic E-state index is 0.112. The second kappa shape index (κ2) is 7.08. The number of aromatic nitrogens is 4. The Labute approximate surface area is 175 Å². The molecule has 0 saturated heterocycles. The number of nitrogens with zero attached hydrogens (tertiary/aromatic N) is 4. The Morgan fingerprint density at radius 3 is 2.45 bits per heavy atom. The fourth-order valence-electron chi connectivity index (χ4n) is 3.49. The summed E-state index contributed by atoms with van der Waals surface area (Å²) in [6.45, 7) is 1.73. The molecule has 31 heavy (non-hydrogen) atoms. The van der Waals surface area contributed by atoms with E-state index in [2.05, 4.69) is 14.7 Å². The van der Waals surface area contributed by atoms with Crippen LogP contribution in [0.4, 0.5) is 19.0 Å². The van der Waals surface area contributed by atoms with E-state index in [0.717, 1.165) is 23.7 Å². The van der Waals surface area contributed by atoms with Crippen molar-refractivity contribution in [2.75, 3.05) is 11.0 Å². The monoisotopic (exact) mass is 455 g/mol. The van der Waals surface area contributed by atoms with Gasteiger partial charge in [-0.3, -0.25) is 9.52 Å². The summed E-state index contributed by atoms with van der Waals surface area (Å²) in [6, 6.07) is 3.01. The summed E-state index contributed by atoms with van der Waals surface area (Å²) in [5.41, 5.74) is 0.832. The van der Waals surface area contributed by atoms with Gasteiger partial charge < -0.3 is 9.13 Å². The molecule has 1 N–H and O–H groups in total. The third kappa shape index (κ3) is 4.29. The van der Waals surface area contributed by atoms with E-state index in [-0.39, 0.29) is 40.6 Å². The lowest BCUT2D eigenvalue weighted by atomic mass is 10.1. The largest absolute Gasteiger partial charge is 0.449 e. The van der Waals surface area contributed by atoms with Crippen molar-refractivity contribution in [1.82, 2.24) is 19.1 Å². The fourth-order valence-corrected chi connectivity index (χ4v) is 3.99. The molecule has 12 heteroatoms. The first-order valence-electron chi connectivity index (χ1n) is 9.47. The topological polar surface area (TPSA) is 98.9 Å². The normalized spacial score (nSPS) is 14.9. The molecule has 1 fully saturated rings. The maximum Gasteiger partial charge on any atom is 0.449 e. The molecule has 0 spiro atoms. The van der Waals surface area contributed by atoms with Crippen LogP contribution < -0.4 is 10.3 Å². The maximum absolute atomic E-state index is 13.7. The van der Waals surface area contributed by atoms with Gasteiger partial charge in [-0.2, -0.15) is 13.2 Å². The molecule has 0 aliphatic heterocycles. The van der Waals surface area contributed by atoms with Gasteiger partial charge in [-0.05, 0) is 37.8 Å². The first kappa shape index (κ1) is 21.3. The number of sulfonamides is 1. The highest BCUT2D eigenvalue weighted by Crippen LogP contribution is 2.39. The molecule has 0 unspecified atom stereocenters. The lowest BCUT2D eigenvalue weighted by Gasteiger charge is -2.12. The van der Waals surface area contributed by atoms with Gasteiger partial charge in [-0.25, -0.2) is 18.4 Å². The number of aryl methyl sites for hydroxylation is 2. The molecule has 3 aromatic rings. The second-order valence-electron chi connectivity index (χ2n) is 7.91. The summed E-state index contributed by atoms with van der Waals surface area (Å²) in [5.74, 6) is -1.27. The van der Waals surface area contributed by atoms with E-state index in [1.807, 2.05) is 0 Å². The van der Waals surface area contributed by atoms with Gasteiger partial charge in [0.2, 0.25) is 15.8 Å². The average Bonchev–Trinajstić information content (AvgIpc) is 3.36. The predicted molar refractivity (Wildman–Crippen MR) is 109 cm³/mol. The van der Waals surface area contributed by atoms with Crippen LogP contribution in [0.3, 0.4) is 0 Å². The van der Waals surface area contributed by atoms with Crippen molar-refractivity contribution < 1.29 is 21.6 Å². The average molecular weight is 455 g/mol. The van der Waals surface area contributed by atoms with Crippen molar-refractivity contribution >= 4 is 26.9 Å². The highest BCUT2D eigenvalue weighted by molar-refractivity contribution is 7.92. The number of fused-ring (bicyclic) bond motifs is 1. The van der Waals surface area contributed by atoms with Crippen molar-refractivity contribution in [3.63, 3.8) is 0 Å². The van der Waals surface area contributed by atoms with E-state index in [1.165, 1.54) is 16.8 Å². The van der Waals surface area contributed by atoms with E-state index < -0.39 is 22.0 Å². The number of alkyl halides is 3. The number of imidazole rings is 1. The summed E-state index contributed by atoms with van der Waals surface area (Å²) in [6.07, 6.45) is -0.689. The molecule has 0 bridgehead atoms. The van der Waals surface area contributed by atoms with Crippen LogP contribution in [0.2, 0.25) is 0 Å². The van der Waals surface area contributed by atoms with Crippen LogP contribution in [0.1, 0.15) is 24.2 Å². The van der Waals surface area contributed by atoms with Crippen molar-refractivity contribution in [2.24, 2.45) is 13.0 Å². The number of anilines is 1. The summed E-state index contributed by atoms with van der Waals surface area (Å²) in [7, 11) is -2.29. The first-order valence-corrected chi connectivity index (χ1v) is 11.4. The molecule has 3 heterocycles. The Morgan fingerprint density at radius 1 is 1.23 bits per heavy atom. The molecular weight excluding hydrogens is 435 g/mol. The second-order valence-corrected chi connectivity index (χ2v) is 9.66. The van der Waals surface area contributed by atoms with Gasteiger partial charge in [0.25, 0.3) is 5.56 Å². The minimum Gasteiger partial charge on any atom is -0.320 e. The predicted octanol–water partition coefficient (Wildman–Crippen LogP) is 2.91. The molecule has 4 rings (SSSR count). The minimum atomic E-state index is -4.72. The molecule has 166 valence electrons. The lowest BCUT2D eigenvalue weighted by Crippen LogP contribution is -2.18. The number of nitrogens with one attached hydrogen (secondary N) is 1. The molecule has 0 aromatic carbocycles. The van der Waals surface area contributed by atoms with Gasteiger partial charge in [-0.1, -0.05) is 0 Å². The maximum atomic E-state index is 13.7. The summed E-state index contributed by atoms with van der Waals surface area (Å²) < 4.78 is 69.5. The van der Waals surface area contributed by atoms with Crippen molar-refractivity contribution in [2.45, 2.75) is 32.5 Å². The van der Waals surface area contributed by atoms with Crippen LogP contribution in [-0.2, 0) is 29.8 Å². The van der Waals surface area contributed by atoms with Gasteiger partial charge in [0.15, 0.2) is 5.82 Å². The van der Waals surface area contributed by atoms with Gasteiger partial charge in [0.1, 0.15) is 5.52 Å². The molecule has 3 aromatic heterocycles. The van der Waals surface area contributed by atoms with Gasteiger partial charge in [0.05, 0.1) is 17.5 Å². The van der Waals surface area contributed by atoms with Gasteiger partial charge >= 0.3 is 6.18 Å². The zero-order valence-electron chi connectivity index (χ0n) is 17.0. The third-order valence-electron chi connectivity index (χ3n) is 5.07. The zero-order chi connectivity index (χ0) is 22.7. The van der Waals surface area contributed by atoms with Gasteiger partial charge in [-0.15, -0.1) is 0 Å². The summed E-state index contributed by atoms with van der Waals surface area (Å²) >= 11 is 0. The first-order chi connectivity index (χ1) is 14.3. The molecule has 0 radical (unpaired) electrons. The van der Waals surface area contributed by atoms with E-state index in [9.17, 15) is 26.4 Å². The molecular formula is C19H20F3N5O3S. The Balaban J connectivity index is 2.03. The highest BCUT2D eigenvalue weighted by atomic mass is 32.2. The Morgan fingerprint density at radius 2 is 1.90 bits per heavy atom. The Hall–Kier alpha value is -2.89. The number of rotatable bonds is 5. The summed E-state index contributed by atoms with van der Waals surface area (Å²) in [4.78, 5) is 20.0. The van der Waals surface area contributed by atoms with Crippen molar-refractivity contribution in [3.8, 4) is 11.3 Å². The highest BCUT2D eigenvalue weighted by Gasteiger charge is 2.39. The SMILES string of the molecule is Cc1cc(-c2cc3c(nc(C(F)(F)F)n3CC3CC3)c(NS(C)(=O)=O)n2)cn(C)c1=O. The van der Waals surface area contributed by atoms with Gasteiger partial charge in [0, 0.05) is 30.9 Å². The van der Waals surface area contributed by atoms with E-state index >= 15 is 0 Å². The number of hydrogen-bond donors (Lipinski definition) is 1. The fraction of sp³-hybridized carbons (Fsp3) is 0.421. The molecule has 1 aliphatic carbocycles. The number of pyridine rings is 2. The molecule has 8 nitrogen and oxygen atoms in total. The number of hydrogen-bond acceptors (Lipinski definition) is 5. The van der Waals surface area contributed by atoms with Crippen LogP contribution in [0.5, 0.6) is 0 Å². The zero-order valence-corrected chi connectivity index (χ0v) is 17.8. The smallest absolute Gasteiger partial charge is 0.320 e. The number of halogens is 3. The van der Waals surface area contributed by atoms with Crippen molar-refractivity contribution in [3.05, 3.63) is 40.1 Å². The Bertz CT molecular complexity index is 1330. The standard InChI is InChI=1S/C19H20F3N5O3S/c1-10-6-12(9-26(2)17(10)28)13-7-14-15(16(23-13)25-31(3,29)30)24-18(19(20,21)22)27(14)8-11-4-5-11/h6-7,9,11H,4-5,8H2,1-3H3,(H,23,25).